The molecule has 2 heterocycles. The lowest BCUT2D eigenvalue weighted by molar-refractivity contribution is -0.121. The molecule has 1 saturated heterocycles. The van der Waals surface area contributed by atoms with E-state index in [-0.39, 0.29) is 18.4 Å². The molecule has 0 aliphatic carbocycles. The van der Waals surface area contributed by atoms with Crippen LogP contribution in [0.15, 0.2) is 29.4 Å². The minimum atomic E-state index is -0.474. The molecule has 7 nitrogen and oxygen atoms in total. The number of imide groups is 1. The summed E-state index contributed by atoms with van der Waals surface area (Å²) >= 11 is 7.65. The van der Waals surface area contributed by atoms with Crippen molar-refractivity contribution in [3.8, 4) is 5.69 Å². The third-order valence-corrected chi connectivity index (χ3v) is 5.58. The quantitative estimate of drug-likeness (QED) is 0.736. The van der Waals surface area contributed by atoms with Gasteiger partial charge in [0.1, 0.15) is 5.82 Å². The Balaban J connectivity index is 1.92. The molecular weight excluding hydrogens is 374 g/mol. The Morgan fingerprint density at radius 2 is 2.04 bits per heavy atom. The van der Waals surface area contributed by atoms with Crippen LogP contribution in [0.4, 0.5) is 4.79 Å². The first-order valence-corrected chi connectivity index (χ1v) is 9.69. The van der Waals surface area contributed by atoms with Gasteiger partial charge in [-0.2, -0.15) is 0 Å². The molecule has 1 aromatic carbocycles. The maximum Gasteiger partial charge on any atom is 0.321 e. The summed E-state index contributed by atoms with van der Waals surface area (Å²) < 4.78 is 1.96. The maximum atomic E-state index is 11.6. The molecule has 138 valence electrons. The summed E-state index contributed by atoms with van der Waals surface area (Å²) in [6.45, 7) is 4.26. The van der Waals surface area contributed by atoms with Gasteiger partial charge in [-0.3, -0.25) is 14.7 Å². The van der Waals surface area contributed by atoms with E-state index in [1.807, 2.05) is 28.8 Å². The summed E-state index contributed by atoms with van der Waals surface area (Å²) in [6, 6.07) is 6.65. The average Bonchev–Trinajstić information content (AvgIpc) is 2.96. The van der Waals surface area contributed by atoms with E-state index in [2.05, 4.69) is 34.7 Å². The van der Waals surface area contributed by atoms with E-state index in [0.29, 0.717) is 22.5 Å². The molecule has 9 heteroatoms. The highest BCUT2D eigenvalue weighted by Crippen LogP contribution is 2.28. The van der Waals surface area contributed by atoms with Crippen LogP contribution in [0.1, 0.15) is 32.5 Å². The first-order chi connectivity index (χ1) is 12.5. The van der Waals surface area contributed by atoms with Crippen molar-refractivity contribution in [2.24, 2.45) is 0 Å². The van der Waals surface area contributed by atoms with Crippen LogP contribution < -0.4 is 10.6 Å². The number of rotatable bonds is 6. The van der Waals surface area contributed by atoms with E-state index in [9.17, 15) is 9.59 Å². The number of halogens is 1. The third-order valence-electron chi connectivity index (χ3n) is 4.12. The molecule has 1 aliphatic heterocycles. The molecule has 1 aliphatic rings. The van der Waals surface area contributed by atoms with E-state index in [1.165, 1.54) is 0 Å². The molecule has 2 N–H and O–H groups in total. The molecule has 0 radical (unpaired) electrons. The molecule has 2 atom stereocenters. The number of nitrogens with zero attached hydrogens (tertiary/aromatic N) is 3. The number of hydrogen-bond acceptors (Lipinski definition) is 5. The van der Waals surface area contributed by atoms with Crippen molar-refractivity contribution in [3.63, 3.8) is 0 Å². The zero-order valence-electron chi connectivity index (χ0n) is 14.5. The summed E-state index contributed by atoms with van der Waals surface area (Å²) in [5, 5.41) is 15.5. The summed E-state index contributed by atoms with van der Waals surface area (Å²) in [5.41, 5.74) is 0.895. The Morgan fingerprint density at radius 1 is 1.31 bits per heavy atom. The topological polar surface area (TPSA) is 88.9 Å². The predicted octanol–water partition coefficient (Wildman–Crippen LogP) is 2.95. The molecule has 26 heavy (non-hydrogen) atoms. The minimum absolute atomic E-state index is 0.215. The Bertz CT molecular complexity index is 792. The smallest absolute Gasteiger partial charge is 0.321 e. The molecule has 2 unspecified atom stereocenters. The van der Waals surface area contributed by atoms with Gasteiger partial charge in [-0.15, -0.1) is 10.2 Å². The van der Waals surface area contributed by atoms with Gasteiger partial charge in [-0.25, -0.2) is 4.79 Å². The van der Waals surface area contributed by atoms with Crippen molar-refractivity contribution in [2.75, 3.05) is 0 Å². The number of thioether (sulfide) groups is 1. The number of carbonyl (C=O) groups excluding carboxylic acids is 2. The van der Waals surface area contributed by atoms with Gasteiger partial charge in [0.2, 0.25) is 5.91 Å². The fourth-order valence-electron chi connectivity index (χ4n) is 2.64. The van der Waals surface area contributed by atoms with Crippen molar-refractivity contribution >= 4 is 35.3 Å². The van der Waals surface area contributed by atoms with E-state index in [1.54, 1.807) is 11.8 Å². The number of urea groups is 1. The van der Waals surface area contributed by atoms with Crippen molar-refractivity contribution < 1.29 is 9.59 Å². The highest BCUT2D eigenvalue weighted by Gasteiger charge is 2.27. The molecular formula is C17H20ClN5O2S. The lowest BCUT2D eigenvalue weighted by Gasteiger charge is -2.23. The summed E-state index contributed by atoms with van der Waals surface area (Å²) in [5.74, 6) is 0.406. The standard InChI is InChI=1S/C17H20ClN5O2S/c1-3-10(2)26-17-22-21-14(8-12-9-15(24)20-16(25)19-12)23(17)13-6-4-11(18)5-7-13/h4-7,10,12H,3,8-9H2,1-2H3,(H2,19,20,24,25). The van der Waals surface area contributed by atoms with Gasteiger partial charge in [0.15, 0.2) is 5.16 Å². The van der Waals surface area contributed by atoms with Gasteiger partial charge < -0.3 is 5.32 Å². The summed E-state index contributed by atoms with van der Waals surface area (Å²) in [7, 11) is 0. The van der Waals surface area contributed by atoms with E-state index in [4.69, 9.17) is 11.6 Å². The first-order valence-electron chi connectivity index (χ1n) is 8.43. The monoisotopic (exact) mass is 393 g/mol. The van der Waals surface area contributed by atoms with Gasteiger partial charge in [0, 0.05) is 34.8 Å². The van der Waals surface area contributed by atoms with Gasteiger partial charge in [0.05, 0.1) is 0 Å². The maximum absolute atomic E-state index is 11.6. The van der Waals surface area contributed by atoms with Crippen LogP contribution >= 0.6 is 23.4 Å². The van der Waals surface area contributed by atoms with Crippen molar-refractivity contribution in [1.29, 1.82) is 0 Å². The van der Waals surface area contributed by atoms with Crippen LogP contribution in [0.5, 0.6) is 0 Å². The Kier molecular flexibility index (Phi) is 5.83. The number of nitrogens with one attached hydrogen (secondary N) is 2. The Hall–Kier alpha value is -2.06. The molecule has 1 aromatic heterocycles. The summed E-state index contributed by atoms with van der Waals surface area (Å²) in [6.07, 6.45) is 1.63. The number of carbonyl (C=O) groups is 2. The Labute approximate surface area is 160 Å². The van der Waals surface area contributed by atoms with Crippen LogP contribution in [-0.2, 0) is 11.2 Å². The lowest BCUT2D eigenvalue weighted by Crippen LogP contribution is -2.53. The lowest BCUT2D eigenvalue weighted by atomic mass is 10.1. The molecule has 1 fully saturated rings. The second-order valence-corrected chi connectivity index (χ2v) is 8.02. The van der Waals surface area contributed by atoms with Crippen LogP contribution in [0.25, 0.3) is 5.69 Å². The molecule has 0 saturated carbocycles. The fourth-order valence-corrected chi connectivity index (χ4v) is 3.70. The number of amides is 3. The molecule has 3 rings (SSSR count). The van der Waals surface area contributed by atoms with Crippen LogP contribution in [0.2, 0.25) is 5.02 Å². The SMILES string of the molecule is CCC(C)Sc1nnc(CC2CC(=O)NC(=O)N2)n1-c1ccc(Cl)cc1. The van der Waals surface area contributed by atoms with E-state index < -0.39 is 6.03 Å². The van der Waals surface area contributed by atoms with Crippen molar-refractivity contribution in [1.82, 2.24) is 25.4 Å². The number of aromatic nitrogens is 3. The zero-order chi connectivity index (χ0) is 18.7. The molecule has 0 bridgehead atoms. The Morgan fingerprint density at radius 3 is 2.69 bits per heavy atom. The minimum Gasteiger partial charge on any atom is -0.334 e. The van der Waals surface area contributed by atoms with Gasteiger partial charge in [-0.05, 0) is 30.7 Å². The van der Waals surface area contributed by atoms with Crippen LogP contribution in [0, 0.1) is 0 Å². The third kappa shape index (κ3) is 4.37. The van der Waals surface area contributed by atoms with Gasteiger partial charge in [0.25, 0.3) is 0 Å². The normalized spacial score (nSPS) is 18.3. The van der Waals surface area contributed by atoms with Gasteiger partial charge in [-0.1, -0.05) is 37.2 Å². The van der Waals surface area contributed by atoms with Crippen LogP contribution in [-0.4, -0.2) is 38.0 Å². The fraction of sp³-hybridized carbons (Fsp3) is 0.412. The highest BCUT2D eigenvalue weighted by molar-refractivity contribution is 7.99. The first kappa shape index (κ1) is 18.7. The van der Waals surface area contributed by atoms with E-state index >= 15 is 0 Å². The molecule has 2 aromatic rings. The highest BCUT2D eigenvalue weighted by atomic mass is 35.5. The average molecular weight is 394 g/mol. The second-order valence-electron chi connectivity index (χ2n) is 6.17. The van der Waals surface area contributed by atoms with Crippen molar-refractivity contribution in [2.45, 2.75) is 49.6 Å². The predicted molar refractivity (Wildman–Crippen MR) is 101 cm³/mol. The molecule has 0 spiro atoms. The zero-order valence-corrected chi connectivity index (χ0v) is 16.1. The van der Waals surface area contributed by atoms with Crippen molar-refractivity contribution in [3.05, 3.63) is 35.1 Å². The molecule has 3 amide bonds. The largest absolute Gasteiger partial charge is 0.334 e. The van der Waals surface area contributed by atoms with E-state index in [0.717, 1.165) is 17.3 Å². The second kappa shape index (κ2) is 8.09. The summed E-state index contributed by atoms with van der Waals surface area (Å²) in [4.78, 5) is 23.2. The number of hydrogen-bond donors (Lipinski definition) is 2. The van der Waals surface area contributed by atoms with Gasteiger partial charge >= 0.3 is 6.03 Å². The number of benzene rings is 1. The van der Waals surface area contributed by atoms with Crippen LogP contribution in [0.3, 0.4) is 0 Å².